The fourth-order valence-electron chi connectivity index (χ4n) is 1.37. The SMILES string of the molecule is C=C(N)/C=C(\NC)c1ccc(S(C)(=O)=O)cc1. The Balaban J connectivity index is 3.14. The molecule has 5 heteroatoms. The smallest absolute Gasteiger partial charge is 0.175 e. The molecule has 0 saturated carbocycles. The monoisotopic (exact) mass is 252 g/mol. The minimum atomic E-state index is -3.16. The molecule has 0 fully saturated rings. The summed E-state index contributed by atoms with van der Waals surface area (Å²) in [5, 5.41) is 2.98. The van der Waals surface area contributed by atoms with E-state index in [0.717, 1.165) is 11.3 Å². The van der Waals surface area contributed by atoms with E-state index >= 15 is 0 Å². The van der Waals surface area contributed by atoms with Crippen LogP contribution in [0, 0.1) is 0 Å². The van der Waals surface area contributed by atoms with E-state index in [1.54, 1.807) is 37.4 Å². The topological polar surface area (TPSA) is 72.2 Å². The first-order valence-corrected chi connectivity index (χ1v) is 6.88. The van der Waals surface area contributed by atoms with Gasteiger partial charge < -0.3 is 11.1 Å². The highest BCUT2D eigenvalue weighted by atomic mass is 32.2. The number of rotatable bonds is 4. The fraction of sp³-hybridized carbons (Fsp3) is 0.167. The van der Waals surface area contributed by atoms with Crippen LogP contribution in [-0.2, 0) is 9.84 Å². The van der Waals surface area contributed by atoms with Gasteiger partial charge in [0, 0.05) is 24.7 Å². The van der Waals surface area contributed by atoms with E-state index in [4.69, 9.17) is 5.73 Å². The molecule has 92 valence electrons. The first kappa shape index (κ1) is 13.3. The molecule has 0 bridgehead atoms. The Morgan fingerprint density at radius 3 is 2.24 bits per heavy atom. The van der Waals surface area contributed by atoms with Crippen LogP contribution in [0.1, 0.15) is 5.56 Å². The predicted octanol–water partition coefficient (Wildman–Crippen LogP) is 1.12. The molecule has 0 aliphatic rings. The molecule has 0 aromatic heterocycles. The summed E-state index contributed by atoms with van der Waals surface area (Å²) in [6.45, 7) is 3.59. The largest absolute Gasteiger partial charge is 0.399 e. The van der Waals surface area contributed by atoms with Crippen molar-refractivity contribution in [3.8, 4) is 0 Å². The van der Waals surface area contributed by atoms with Crippen molar-refractivity contribution in [3.05, 3.63) is 48.2 Å². The molecule has 0 radical (unpaired) electrons. The first-order valence-electron chi connectivity index (χ1n) is 4.99. The zero-order valence-corrected chi connectivity index (χ0v) is 10.7. The first-order chi connectivity index (χ1) is 7.84. The van der Waals surface area contributed by atoms with Gasteiger partial charge in [0.25, 0.3) is 0 Å². The standard InChI is InChI=1S/C12H16N2O2S/c1-9(13)8-12(14-2)10-4-6-11(7-5-10)17(3,15)16/h4-8,14H,1,13H2,2-3H3/b12-8-. The Morgan fingerprint density at radius 2 is 1.88 bits per heavy atom. The number of nitrogens with two attached hydrogens (primary N) is 1. The van der Waals surface area contributed by atoms with Crippen LogP contribution in [0.4, 0.5) is 0 Å². The van der Waals surface area contributed by atoms with Crippen molar-refractivity contribution in [2.24, 2.45) is 5.73 Å². The van der Waals surface area contributed by atoms with Crippen LogP contribution in [-0.4, -0.2) is 21.7 Å². The highest BCUT2D eigenvalue weighted by Crippen LogP contribution is 2.16. The Kier molecular flexibility index (Phi) is 3.96. The van der Waals surface area contributed by atoms with Gasteiger partial charge in [0.1, 0.15) is 0 Å². The summed E-state index contributed by atoms with van der Waals surface area (Å²) in [5.74, 6) is 0. The van der Waals surface area contributed by atoms with E-state index in [1.807, 2.05) is 0 Å². The van der Waals surface area contributed by atoms with Crippen LogP contribution >= 0.6 is 0 Å². The van der Waals surface area contributed by atoms with Gasteiger partial charge in [0.05, 0.1) is 4.90 Å². The lowest BCUT2D eigenvalue weighted by atomic mass is 10.1. The molecule has 0 heterocycles. The normalized spacial score (nSPS) is 12.2. The van der Waals surface area contributed by atoms with Gasteiger partial charge in [-0.15, -0.1) is 0 Å². The molecule has 0 spiro atoms. The van der Waals surface area contributed by atoms with Crippen molar-refractivity contribution < 1.29 is 8.42 Å². The van der Waals surface area contributed by atoms with E-state index in [2.05, 4.69) is 11.9 Å². The van der Waals surface area contributed by atoms with Crippen molar-refractivity contribution >= 4 is 15.5 Å². The van der Waals surface area contributed by atoms with E-state index in [9.17, 15) is 8.42 Å². The van der Waals surface area contributed by atoms with Gasteiger partial charge in [-0.25, -0.2) is 8.42 Å². The number of sulfone groups is 1. The summed E-state index contributed by atoms with van der Waals surface area (Å²) in [4.78, 5) is 0.295. The van der Waals surface area contributed by atoms with Gasteiger partial charge in [-0.2, -0.15) is 0 Å². The number of allylic oxidation sites excluding steroid dienone is 1. The second kappa shape index (κ2) is 5.05. The fourth-order valence-corrected chi connectivity index (χ4v) is 2.00. The summed E-state index contributed by atoms with van der Waals surface area (Å²) in [6.07, 6.45) is 2.87. The average molecular weight is 252 g/mol. The molecule has 0 saturated heterocycles. The third-order valence-corrected chi connectivity index (χ3v) is 3.32. The Labute approximate surface area is 102 Å². The van der Waals surface area contributed by atoms with Gasteiger partial charge in [-0.3, -0.25) is 0 Å². The lowest BCUT2D eigenvalue weighted by Crippen LogP contribution is -2.07. The summed E-state index contributed by atoms with van der Waals surface area (Å²) in [6, 6.07) is 6.58. The van der Waals surface area contributed by atoms with Crippen molar-refractivity contribution in [1.29, 1.82) is 0 Å². The second-order valence-electron chi connectivity index (χ2n) is 3.68. The predicted molar refractivity (Wildman–Crippen MR) is 69.9 cm³/mol. The molecule has 0 atom stereocenters. The Bertz CT molecular complexity index is 542. The maximum absolute atomic E-state index is 11.3. The quantitative estimate of drug-likeness (QED) is 0.788. The highest BCUT2D eigenvalue weighted by molar-refractivity contribution is 7.90. The summed E-state index contributed by atoms with van der Waals surface area (Å²) < 4.78 is 22.6. The zero-order valence-electron chi connectivity index (χ0n) is 9.90. The molecule has 0 unspecified atom stereocenters. The molecule has 1 aromatic rings. The lowest BCUT2D eigenvalue weighted by Gasteiger charge is -2.08. The number of benzene rings is 1. The molecular formula is C12H16N2O2S. The Hall–Kier alpha value is -1.75. The van der Waals surface area contributed by atoms with E-state index in [0.29, 0.717) is 10.6 Å². The van der Waals surface area contributed by atoms with Crippen LogP contribution in [0.2, 0.25) is 0 Å². The minimum absolute atomic E-state index is 0.295. The molecular weight excluding hydrogens is 236 g/mol. The number of hydrogen-bond donors (Lipinski definition) is 2. The third-order valence-electron chi connectivity index (χ3n) is 2.19. The molecule has 1 rings (SSSR count). The van der Waals surface area contributed by atoms with Crippen LogP contribution in [0.25, 0.3) is 5.70 Å². The maximum Gasteiger partial charge on any atom is 0.175 e. The lowest BCUT2D eigenvalue weighted by molar-refractivity contribution is 0.602. The summed E-state index contributed by atoms with van der Waals surface area (Å²) in [5.41, 5.74) is 7.57. The van der Waals surface area contributed by atoms with E-state index < -0.39 is 9.84 Å². The summed E-state index contributed by atoms with van der Waals surface area (Å²) in [7, 11) is -1.39. The van der Waals surface area contributed by atoms with Crippen LogP contribution < -0.4 is 11.1 Å². The van der Waals surface area contributed by atoms with Gasteiger partial charge in [-0.1, -0.05) is 18.7 Å². The molecule has 17 heavy (non-hydrogen) atoms. The van der Waals surface area contributed by atoms with Crippen LogP contribution in [0.3, 0.4) is 0 Å². The highest BCUT2D eigenvalue weighted by Gasteiger charge is 2.07. The number of nitrogens with one attached hydrogen (secondary N) is 1. The summed E-state index contributed by atoms with van der Waals surface area (Å²) >= 11 is 0. The maximum atomic E-state index is 11.3. The van der Waals surface area contributed by atoms with Crippen LogP contribution in [0.15, 0.2) is 47.5 Å². The van der Waals surface area contributed by atoms with E-state index in [-0.39, 0.29) is 0 Å². The van der Waals surface area contributed by atoms with Gasteiger partial charge >= 0.3 is 0 Å². The van der Waals surface area contributed by atoms with Crippen molar-refractivity contribution in [2.45, 2.75) is 4.90 Å². The molecule has 0 amide bonds. The van der Waals surface area contributed by atoms with Crippen molar-refractivity contribution in [1.82, 2.24) is 5.32 Å². The van der Waals surface area contributed by atoms with Crippen LogP contribution in [0.5, 0.6) is 0 Å². The average Bonchev–Trinajstić information content (AvgIpc) is 2.24. The van der Waals surface area contributed by atoms with Crippen molar-refractivity contribution in [3.63, 3.8) is 0 Å². The molecule has 0 aliphatic heterocycles. The number of hydrogen-bond acceptors (Lipinski definition) is 4. The minimum Gasteiger partial charge on any atom is -0.399 e. The second-order valence-corrected chi connectivity index (χ2v) is 5.70. The molecule has 1 aromatic carbocycles. The molecule has 3 N–H and O–H groups in total. The molecule has 0 aliphatic carbocycles. The van der Waals surface area contributed by atoms with E-state index in [1.165, 1.54) is 6.26 Å². The zero-order chi connectivity index (χ0) is 13.1. The van der Waals surface area contributed by atoms with Gasteiger partial charge in [-0.05, 0) is 23.8 Å². The third kappa shape index (κ3) is 3.64. The van der Waals surface area contributed by atoms with Gasteiger partial charge in [0.15, 0.2) is 9.84 Å². The Morgan fingerprint density at radius 1 is 1.35 bits per heavy atom. The van der Waals surface area contributed by atoms with Crippen molar-refractivity contribution in [2.75, 3.05) is 13.3 Å². The molecule has 4 nitrogen and oxygen atoms in total. The van der Waals surface area contributed by atoms with Gasteiger partial charge in [0.2, 0.25) is 0 Å².